The molecule has 0 unspecified atom stereocenters. The van der Waals surface area contributed by atoms with Crippen molar-refractivity contribution in [2.45, 2.75) is 61.3 Å². The van der Waals surface area contributed by atoms with Gasteiger partial charge < -0.3 is 35.6 Å². The van der Waals surface area contributed by atoms with Crippen LogP contribution in [0.3, 0.4) is 0 Å². The lowest BCUT2D eigenvalue weighted by Gasteiger charge is -2.12. The van der Waals surface area contributed by atoms with Crippen LogP contribution in [-0.4, -0.2) is 126 Å². The normalized spacial score (nSPS) is 12.9. The van der Waals surface area contributed by atoms with E-state index in [0.29, 0.717) is 30.9 Å². The number of hydrogen-bond acceptors (Lipinski definition) is 17. The van der Waals surface area contributed by atoms with Gasteiger partial charge in [-0.15, -0.1) is 0 Å². The SMILES string of the molecule is C.C.C.CCCOCCN.COC(=O)N1C(=O)C=CC1=O.COC(N)=O.O=C(CCCN1C(=O)C=CC1=O)ON=S.O=C(O)CCCN1C(=O)C=CC1=O. The van der Waals surface area contributed by atoms with Crippen molar-refractivity contribution in [1.29, 1.82) is 0 Å². The van der Waals surface area contributed by atoms with Crippen LogP contribution in [0.1, 0.15) is 61.3 Å². The summed E-state index contributed by atoms with van der Waals surface area (Å²) in [6.07, 6.45) is 6.84. The minimum atomic E-state index is -0.954. The minimum absolute atomic E-state index is 0. The van der Waals surface area contributed by atoms with Crippen LogP contribution < -0.4 is 11.5 Å². The van der Waals surface area contributed by atoms with Crippen molar-refractivity contribution in [3.63, 3.8) is 0 Å². The van der Waals surface area contributed by atoms with Crippen LogP contribution >= 0.6 is 0 Å². The summed E-state index contributed by atoms with van der Waals surface area (Å²) >= 11 is 4.08. The van der Waals surface area contributed by atoms with Gasteiger partial charge in [0.15, 0.2) is 0 Å². The molecule has 0 fully saturated rings. The topological polar surface area (TPSA) is 302 Å². The molecule has 0 aromatic carbocycles. The summed E-state index contributed by atoms with van der Waals surface area (Å²) in [6.45, 7) is 4.63. The Kier molecular flexibility index (Phi) is 36.6. The molecule has 0 aromatic rings. The number of carboxylic acids is 1. The number of methoxy groups -OCH3 is 2. The molecule has 0 saturated carbocycles. The predicted octanol–water partition coefficient (Wildman–Crippen LogP) is 1.33. The van der Waals surface area contributed by atoms with Gasteiger partial charge in [-0.1, -0.05) is 29.2 Å². The van der Waals surface area contributed by atoms with E-state index in [1.807, 2.05) is 0 Å². The first-order chi connectivity index (χ1) is 24.1. The second-order valence-corrected chi connectivity index (χ2v) is 9.35. The molecule has 0 saturated heterocycles. The molecule has 21 nitrogen and oxygen atoms in total. The molecule has 306 valence electrons. The molecule has 3 rings (SSSR count). The highest BCUT2D eigenvalue weighted by Gasteiger charge is 2.30. The van der Waals surface area contributed by atoms with Crippen molar-refractivity contribution in [3.8, 4) is 0 Å². The van der Waals surface area contributed by atoms with E-state index in [0.717, 1.165) is 42.1 Å². The minimum Gasteiger partial charge on any atom is -0.481 e. The van der Waals surface area contributed by atoms with Gasteiger partial charge in [-0.05, 0) is 23.8 Å². The summed E-state index contributed by atoms with van der Waals surface area (Å²) in [5.74, 6) is -4.28. The van der Waals surface area contributed by atoms with Crippen molar-refractivity contribution in [3.05, 3.63) is 36.5 Å². The van der Waals surface area contributed by atoms with Crippen LogP contribution in [0.4, 0.5) is 9.59 Å². The van der Waals surface area contributed by atoms with E-state index in [1.54, 1.807) is 0 Å². The maximum Gasteiger partial charge on any atom is 0.423 e. The fourth-order valence-electron chi connectivity index (χ4n) is 3.16. The summed E-state index contributed by atoms with van der Waals surface area (Å²) in [6, 6.07) is 0. The molecule has 0 atom stereocenters. The van der Waals surface area contributed by atoms with E-state index in [2.05, 4.69) is 43.9 Å². The third-order valence-corrected chi connectivity index (χ3v) is 5.53. The Morgan fingerprint density at radius 3 is 1.43 bits per heavy atom. The van der Waals surface area contributed by atoms with E-state index in [9.17, 15) is 47.9 Å². The van der Waals surface area contributed by atoms with Crippen molar-refractivity contribution >= 4 is 72.0 Å². The number of carbonyl (C=O) groups is 10. The number of carbonyl (C=O) groups excluding carboxylic acids is 9. The molecule has 8 amide bonds. The lowest BCUT2D eigenvalue weighted by Crippen LogP contribution is -2.35. The zero-order valence-electron chi connectivity index (χ0n) is 28.0. The Labute approximate surface area is 319 Å². The van der Waals surface area contributed by atoms with Crippen molar-refractivity contribution < 1.29 is 72.1 Å². The number of primary amides is 1. The van der Waals surface area contributed by atoms with E-state index < -0.39 is 35.9 Å². The molecule has 54 heavy (non-hydrogen) atoms. The Balaban J connectivity index is -0.000000191. The number of aliphatic carboxylic acids is 1. The van der Waals surface area contributed by atoms with Crippen molar-refractivity contribution in [2.75, 3.05) is 47.1 Å². The molecule has 3 heterocycles. The van der Waals surface area contributed by atoms with Gasteiger partial charge in [-0.3, -0.25) is 43.4 Å². The highest BCUT2D eigenvalue weighted by Crippen LogP contribution is 2.07. The second kappa shape index (κ2) is 34.4. The fourth-order valence-corrected chi connectivity index (χ4v) is 3.24. The van der Waals surface area contributed by atoms with Gasteiger partial charge in [0.25, 0.3) is 35.4 Å². The van der Waals surface area contributed by atoms with E-state index in [1.165, 1.54) is 31.4 Å². The highest BCUT2D eigenvalue weighted by molar-refractivity contribution is 7.47. The summed E-state index contributed by atoms with van der Waals surface area (Å²) < 4.78 is 15.9. The Morgan fingerprint density at radius 1 is 0.722 bits per heavy atom. The average molecular weight is 793 g/mol. The third kappa shape index (κ3) is 26.1. The first kappa shape index (κ1) is 57.6. The van der Waals surface area contributed by atoms with Gasteiger partial charge >= 0.3 is 24.1 Å². The molecule has 0 spiro atoms. The zero-order valence-corrected chi connectivity index (χ0v) is 28.9. The van der Waals surface area contributed by atoms with Gasteiger partial charge in [0.05, 0.1) is 33.3 Å². The smallest absolute Gasteiger partial charge is 0.423 e. The summed E-state index contributed by atoms with van der Waals surface area (Å²) in [7, 11) is 2.32. The summed E-state index contributed by atoms with van der Waals surface area (Å²) in [5.41, 5.74) is 9.57. The summed E-state index contributed by atoms with van der Waals surface area (Å²) in [5, 5.41) is 8.32. The largest absolute Gasteiger partial charge is 0.481 e. The summed E-state index contributed by atoms with van der Waals surface area (Å²) in [4.78, 5) is 113. The van der Waals surface area contributed by atoms with Crippen LogP contribution in [0.5, 0.6) is 0 Å². The Morgan fingerprint density at radius 2 is 1.11 bits per heavy atom. The number of nitrogens with zero attached hydrogens (tertiary/aromatic N) is 4. The number of carboxylic acid groups (broad SMARTS) is 1. The Hall–Kier alpha value is -5.74. The van der Waals surface area contributed by atoms with Gasteiger partial charge in [-0.2, -0.15) is 4.90 Å². The van der Waals surface area contributed by atoms with E-state index in [-0.39, 0.29) is 71.8 Å². The first-order valence-corrected chi connectivity index (χ1v) is 15.0. The molecule has 0 bridgehead atoms. The standard InChI is InChI=1S/C8H8N2O4S.C8H9NO4.C6H5NO4.C5H13NO.C2H5NO2.3CH4/c11-6-3-4-7(12)10(6)5-1-2-8(13)14-9-15;10-6-3-4-7(11)9(6)5-1-2-8(12)13;1-11-6(10)7-4(8)2-3-5(7)9;1-2-4-7-5-3-6;1-5-2(3)4;;;/h3-4H,1-2,5H2;3-4H,1-2,5H2,(H,12,13);2-3H,1H3;2-6H2,1H3;1H3,(H2,3,4);3*1H4. The molecular formula is C32H52N6O15S. The quantitative estimate of drug-likeness (QED) is 0.135. The van der Waals surface area contributed by atoms with Crippen LogP contribution in [0, 0.1) is 0 Å². The maximum atomic E-state index is 11.1. The van der Waals surface area contributed by atoms with Gasteiger partial charge in [0, 0.05) is 75.5 Å². The van der Waals surface area contributed by atoms with Crippen LogP contribution in [0.25, 0.3) is 0 Å². The van der Waals surface area contributed by atoms with Crippen molar-refractivity contribution in [1.82, 2.24) is 14.7 Å². The predicted molar refractivity (Wildman–Crippen MR) is 194 cm³/mol. The van der Waals surface area contributed by atoms with Crippen molar-refractivity contribution in [2.24, 2.45) is 16.0 Å². The average Bonchev–Trinajstić information content (AvgIpc) is 3.72. The molecule has 3 aliphatic heterocycles. The fraction of sp³-hybridized carbons (Fsp3) is 0.500. The Bertz CT molecular complexity index is 1310. The number of nitrogens with two attached hydrogens (primary N) is 2. The van der Waals surface area contributed by atoms with E-state index in [4.69, 9.17) is 15.6 Å². The highest BCUT2D eigenvalue weighted by atomic mass is 32.1. The monoisotopic (exact) mass is 792 g/mol. The molecule has 0 radical (unpaired) electrons. The van der Waals surface area contributed by atoms with Gasteiger partial charge in [-0.25, -0.2) is 14.4 Å². The van der Waals surface area contributed by atoms with Crippen LogP contribution in [-0.2, 0) is 69.8 Å². The molecule has 22 heteroatoms. The number of amides is 8. The van der Waals surface area contributed by atoms with Crippen LogP contribution in [0.15, 0.2) is 41.0 Å². The maximum absolute atomic E-state index is 11.1. The van der Waals surface area contributed by atoms with E-state index >= 15 is 0 Å². The number of ether oxygens (including phenoxy) is 3. The molecule has 0 aromatic heterocycles. The first-order valence-electron chi connectivity index (χ1n) is 14.7. The van der Waals surface area contributed by atoms with Gasteiger partial charge in [0.1, 0.15) is 0 Å². The lowest BCUT2D eigenvalue weighted by molar-refractivity contribution is -0.144. The lowest BCUT2D eigenvalue weighted by atomic mass is 10.3. The molecule has 5 N–H and O–H groups in total. The second-order valence-electron chi connectivity index (χ2n) is 9.20. The molecule has 0 aliphatic carbocycles. The zero-order chi connectivity index (χ0) is 39.4. The molecular weight excluding hydrogens is 740 g/mol. The van der Waals surface area contributed by atoms with Crippen LogP contribution in [0.2, 0.25) is 0 Å². The van der Waals surface area contributed by atoms with Gasteiger partial charge in [0.2, 0.25) is 0 Å². The number of hydrogen-bond donors (Lipinski definition) is 3. The number of imide groups is 5. The molecule has 3 aliphatic rings. The number of rotatable bonds is 13. The third-order valence-electron chi connectivity index (χ3n) is 5.45.